The van der Waals surface area contributed by atoms with Crippen molar-refractivity contribution in [2.75, 3.05) is 7.11 Å². The van der Waals surface area contributed by atoms with Gasteiger partial charge < -0.3 is 9.84 Å². The average Bonchev–Trinajstić information content (AvgIpc) is 2.41. The highest BCUT2D eigenvalue weighted by Crippen LogP contribution is 2.34. The van der Waals surface area contributed by atoms with E-state index in [2.05, 4.69) is 15.9 Å². The van der Waals surface area contributed by atoms with Gasteiger partial charge in [-0.05, 0) is 36.8 Å². The molecule has 1 unspecified atom stereocenters. The number of aliphatic hydroxyl groups is 1. The van der Waals surface area contributed by atoms with Crippen molar-refractivity contribution in [3.63, 3.8) is 0 Å². The van der Waals surface area contributed by atoms with E-state index in [-0.39, 0.29) is 0 Å². The van der Waals surface area contributed by atoms with Crippen molar-refractivity contribution < 1.29 is 9.84 Å². The number of ether oxygens (including phenoxy) is 1. The Morgan fingerprint density at radius 2 is 1.95 bits per heavy atom. The van der Waals surface area contributed by atoms with Crippen molar-refractivity contribution in [2.24, 2.45) is 0 Å². The van der Waals surface area contributed by atoms with Crippen LogP contribution in [-0.2, 0) is 12.0 Å². The molecule has 2 rings (SSSR count). The summed E-state index contributed by atoms with van der Waals surface area (Å²) in [6.07, 6.45) is 0.439. The van der Waals surface area contributed by atoms with E-state index in [0.717, 1.165) is 21.3 Å². The smallest absolute Gasteiger partial charge is 0.119 e. The molecule has 0 aliphatic rings. The fourth-order valence-corrected chi connectivity index (χ4v) is 2.90. The molecule has 0 saturated heterocycles. The summed E-state index contributed by atoms with van der Waals surface area (Å²) < 4.78 is 6.16. The highest BCUT2D eigenvalue weighted by atomic mass is 79.9. The van der Waals surface area contributed by atoms with Crippen molar-refractivity contribution in [3.05, 3.63) is 63.1 Å². The molecule has 106 valence electrons. The zero-order valence-electron chi connectivity index (χ0n) is 11.4. The first-order valence-corrected chi connectivity index (χ1v) is 7.41. The van der Waals surface area contributed by atoms with Crippen LogP contribution in [0.3, 0.4) is 0 Å². The van der Waals surface area contributed by atoms with Crippen LogP contribution in [0.5, 0.6) is 5.75 Å². The molecule has 4 heteroatoms. The third-order valence-corrected chi connectivity index (χ3v) is 4.34. The van der Waals surface area contributed by atoms with Gasteiger partial charge in [0.2, 0.25) is 0 Å². The number of benzene rings is 2. The third kappa shape index (κ3) is 3.35. The standard InChI is InChI=1S/C16H16BrClO2/c1-16(19,13-5-3-4-6-15(13)18)10-11-9-12(20-2)7-8-14(11)17/h3-9,19H,10H2,1-2H3. The summed E-state index contributed by atoms with van der Waals surface area (Å²) in [5, 5.41) is 11.3. The minimum Gasteiger partial charge on any atom is -0.497 e. The lowest BCUT2D eigenvalue weighted by atomic mass is 9.89. The van der Waals surface area contributed by atoms with E-state index in [1.165, 1.54) is 0 Å². The summed E-state index contributed by atoms with van der Waals surface area (Å²) >= 11 is 9.68. The molecule has 2 aromatic rings. The third-order valence-electron chi connectivity index (χ3n) is 3.24. The molecule has 0 aliphatic carbocycles. The van der Waals surface area contributed by atoms with Crippen LogP contribution in [0.25, 0.3) is 0 Å². The predicted octanol–water partition coefficient (Wildman–Crippen LogP) is 4.56. The molecule has 0 aliphatic heterocycles. The van der Waals surface area contributed by atoms with Crippen molar-refractivity contribution in [3.8, 4) is 5.75 Å². The summed E-state index contributed by atoms with van der Waals surface area (Å²) in [5.41, 5.74) is 0.637. The van der Waals surface area contributed by atoms with Gasteiger partial charge in [-0.25, -0.2) is 0 Å². The number of hydrogen-bond donors (Lipinski definition) is 1. The maximum Gasteiger partial charge on any atom is 0.119 e. The summed E-state index contributed by atoms with van der Waals surface area (Å²) in [6, 6.07) is 13.0. The van der Waals surface area contributed by atoms with Crippen LogP contribution in [0.1, 0.15) is 18.1 Å². The minimum atomic E-state index is -1.05. The van der Waals surface area contributed by atoms with E-state index in [4.69, 9.17) is 16.3 Å². The van der Waals surface area contributed by atoms with E-state index >= 15 is 0 Å². The first-order chi connectivity index (χ1) is 9.44. The topological polar surface area (TPSA) is 29.5 Å². The van der Waals surface area contributed by atoms with Crippen molar-refractivity contribution in [2.45, 2.75) is 18.9 Å². The van der Waals surface area contributed by atoms with E-state index in [1.807, 2.05) is 36.4 Å². The average molecular weight is 356 g/mol. The Morgan fingerprint density at radius 1 is 1.25 bits per heavy atom. The number of halogens is 2. The van der Waals surface area contributed by atoms with E-state index in [1.54, 1.807) is 20.1 Å². The molecule has 2 aromatic carbocycles. The van der Waals surface area contributed by atoms with Gasteiger partial charge in [0, 0.05) is 21.5 Å². The van der Waals surface area contributed by atoms with Gasteiger partial charge in [0.15, 0.2) is 0 Å². The van der Waals surface area contributed by atoms with Gasteiger partial charge in [-0.15, -0.1) is 0 Å². The minimum absolute atomic E-state index is 0.439. The highest BCUT2D eigenvalue weighted by Gasteiger charge is 2.26. The van der Waals surface area contributed by atoms with Gasteiger partial charge >= 0.3 is 0 Å². The summed E-state index contributed by atoms with van der Waals surface area (Å²) in [7, 11) is 1.62. The van der Waals surface area contributed by atoms with Crippen LogP contribution in [0, 0.1) is 0 Å². The Bertz CT molecular complexity index is 611. The van der Waals surface area contributed by atoms with Gasteiger partial charge in [-0.2, -0.15) is 0 Å². The molecule has 20 heavy (non-hydrogen) atoms. The lowest BCUT2D eigenvalue weighted by Crippen LogP contribution is -2.25. The van der Waals surface area contributed by atoms with Crippen LogP contribution in [-0.4, -0.2) is 12.2 Å². The second kappa shape index (κ2) is 6.17. The SMILES string of the molecule is COc1ccc(Br)c(CC(C)(O)c2ccccc2Cl)c1. The predicted molar refractivity (Wildman–Crippen MR) is 85.4 cm³/mol. The zero-order chi connectivity index (χ0) is 14.8. The largest absolute Gasteiger partial charge is 0.497 e. The molecule has 0 saturated carbocycles. The zero-order valence-corrected chi connectivity index (χ0v) is 13.7. The summed E-state index contributed by atoms with van der Waals surface area (Å²) in [4.78, 5) is 0. The maximum atomic E-state index is 10.8. The van der Waals surface area contributed by atoms with Crippen LogP contribution in [0.2, 0.25) is 5.02 Å². The molecule has 1 atom stereocenters. The number of rotatable bonds is 4. The Hall–Kier alpha value is -1.03. The van der Waals surface area contributed by atoms with Crippen LogP contribution < -0.4 is 4.74 Å². The fourth-order valence-electron chi connectivity index (χ4n) is 2.18. The first-order valence-electron chi connectivity index (χ1n) is 6.24. The number of hydrogen-bond acceptors (Lipinski definition) is 2. The quantitative estimate of drug-likeness (QED) is 0.871. The van der Waals surface area contributed by atoms with E-state index in [9.17, 15) is 5.11 Å². The van der Waals surface area contributed by atoms with Crippen LogP contribution in [0.4, 0.5) is 0 Å². The molecule has 1 N–H and O–H groups in total. The Balaban J connectivity index is 2.35. The molecule has 0 heterocycles. The molecule has 0 amide bonds. The van der Waals surface area contributed by atoms with Gasteiger partial charge in [0.1, 0.15) is 5.75 Å². The van der Waals surface area contributed by atoms with Gasteiger partial charge in [0.25, 0.3) is 0 Å². The van der Waals surface area contributed by atoms with Crippen molar-refractivity contribution >= 4 is 27.5 Å². The monoisotopic (exact) mass is 354 g/mol. The van der Waals surface area contributed by atoms with Crippen molar-refractivity contribution in [1.82, 2.24) is 0 Å². The van der Waals surface area contributed by atoms with Gasteiger partial charge in [0.05, 0.1) is 12.7 Å². The highest BCUT2D eigenvalue weighted by molar-refractivity contribution is 9.10. The van der Waals surface area contributed by atoms with Crippen LogP contribution >= 0.6 is 27.5 Å². The normalized spacial score (nSPS) is 13.8. The number of methoxy groups -OCH3 is 1. The second-order valence-electron chi connectivity index (χ2n) is 4.89. The molecule has 0 aromatic heterocycles. The van der Waals surface area contributed by atoms with E-state index in [0.29, 0.717) is 11.4 Å². The summed E-state index contributed by atoms with van der Waals surface area (Å²) in [6.45, 7) is 1.76. The molecule has 0 bridgehead atoms. The van der Waals surface area contributed by atoms with Crippen LogP contribution in [0.15, 0.2) is 46.9 Å². The fraction of sp³-hybridized carbons (Fsp3) is 0.250. The molecular weight excluding hydrogens is 340 g/mol. The van der Waals surface area contributed by atoms with Crippen molar-refractivity contribution in [1.29, 1.82) is 0 Å². The molecule has 0 radical (unpaired) electrons. The molecule has 0 spiro atoms. The van der Waals surface area contributed by atoms with Gasteiger partial charge in [-0.3, -0.25) is 0 Å². The summed E-state index contributed by atoms with van der Waals surface area (Å²) in [5.74, 6) is 0.762. The molecule has 2 nitrogen and oxygen atoms in total. The lowest BCUT2D eigenvalue weighted by Gasteiger charge is -2.25. The Kier molecular flexibility index (Phi) is 4.74. The molecule has 0 fully saturated rings. The first kappa shape index (κ1) is 15.4. The maximum absolute atomic E-state index is 10.8. The van der Waals surface area contributed by atoms with E-state index < -0.39 is 5.60 Å². The Morgan fingerprint density at radius 3 is 2.60 bits per heavy atom. The Labute approximate surface area is 132 Å². The second-order valence-corrected chi connectivity index (χ2v) is 6.15. The van der Waals surface area contributed by atoms with Gasteiger partial charge in [-0.1, -0.05) is 45.7 Å². The lowest BCUT2D eigenvalue weighted by molar-refractivity contribution is 0.0575. The molecular formula is C16H16BrClO2.